The van der Waals surface area contributed by atoms with Gasteiger partial charge in [-0.3, -0.25) is 9.59 Å². The number of para-hydroxylation sites is 1. The molecule has 0 spiro atoms. The van der Waals surface area contributed by atoms with E-state index in [0.29, 0.717) is 49.9 Å². The lowest BCUT2D eigenvalue weighted by Crippen LogP contribution is -2.52. The number of aryl methyl sites for hydroxylation is 1. The molecule has 2 aliphatic heterocycles. The van der Waals surface area contributed by atoms with Gasteiger partial charge in [0, 0.05) is 57.2 Å². The fourth-order valence-corrected chi connectivity index (χ4v) is 5.23. The molecule has 2 aromatic carbocycles. The number of carbonyl (C=O) groups is 3. The Kier molecular flexibility index (Phi) is 7.85. The van der Waals surface area contributed by atoms with Crippen LogP contribution in [0.1, 0.15) is 28.5 Å². The Hall–Kier alpha value is -3.89. The van der Waals surface area contributed by atoms with Gasteiger partial charge in [-0.05, 0) is 49.7 Å². The lowest BCUT2D eigenvalue weighted by molar-refractivity contribution is -0.131. The average molecular weight is 550 g/mol. The molecule has 11 heteroatoms. The quantitative estimate of drug-likeness (QED) is 0.509. The van der Waals surface area contributed by atoms with Gasteiger partial charge < -0.3 is 25.3 Å². The molecule has 0 radical (unpaired) electrons. The lowest BCUT2D eigenvalue weighted by Gasteiger charge is -2.31. The fourth-order valence-electron chi connectivity index (χ4n) is 4.98. The summed E-state index contributed by atoms with van der Waals surface area (Å²) in [7, 11) is 0. The van der Waals surface area contributed by atoms with Gasteiger partial charge in [-0.1, -0.05) is 29.8 Å². The van der Waals surface area contributed by atoms with Gasteiger partial charge >= 0.3 is 6.03 Å². The first-order valence-corrected chi connectivity index (χ1v) is 13.4. The Balaban J connectivity index is 1.32. The number of benzene rings is 2. The molecule has 0 saturated carbocycles. The highest BCUT2D eigenvalue weighted by Crippen LogP contribution is 2.30. The number of hydrogen-bond acceptors (Lipinski definition) is 5. The molecule has 3 heterocycles. The first-order valence-electron chi connectivity index (χ1n) is 13.1. The van der Waals surface area contributed by atoms with E-state index < -0.39 is 0 Å². The smallest absolute Gasteiger partial charge is 0.318 e. The second kappa shape index (κ2) is 11.5. The molecule has 4 amide bonds. The number of piperazine rings is 1. The number of aromatic nitrogens is 2. The molecule has 1 fully saturated rings. The third kappa shape index (κ3) is 5.76. The second-order valence-corrected chi connectivity index (χ2v) is 10.3. The Morgan fingerprint density at radius 2 is 2.00 bits per heavy atom. The summed E-state index contributed by atoms with van der Waals surface area (Å²) >= 11 is 6.62. The van der Waals surface area contributed by atoms with E-state index >= 15 is 0 Å². The standard InChI is InChI=1S/C28H32ClN7O3/c1-19-9-12-36(32-19)22-7-8-23(24(29)15-22)27(38)35-17-20(2)34(18-21-5-3-4-6-25(21)35)28(39)31-11-14-33-13-10-30-16-26(33)37/h3-9,12,15,20,30H,10-11,13-14,16-18H2,1-2H3,(H,31,39). The molecule has 2 aliphatic rings. The van der Waals surface area contributed by atoms with Crippen molar-refractivity contribution in [2.45, 2.75) is 26.4 Å². The number of rotatable bonds is 5. The summed E-state index contributed by atoms with van der Waals surface area (Å²) in [6, 6.07) is 14.3. The van der Waals surface area contributed by atoms with Crippen LogP contribution in [0.4, 0.5) is 10.5 Å². The highest BCUT2D eigenvalue weighted by atomic mass is 35.5. The van der Waals surface area contributed by atoms with Crippen LogP contribution < -0.4 is 15.5 Å². The maximum absolute atomic E-state index is 13.8. The van der Waals surface area contributed by atoms with Gasteiger partial charge in [0.2, 0.25) is 5.91 Å². The predicted octanol–water partition coefficient (Wildman–Crippen LogP) is 2.83. The minimum Gasteiger partial charge on any atom is -0.339 e. The molecule has 0 bridgehead atoms. The Bertz CT molecular complexity index is 1390. The van der Waals surface area contributed by atoms with Crippen molar-refractivity contribution in [3.8, 4) is 5.69 Å². The molecule has 1 atom stereocenters. The monoisotopic (exact) mass is 549 g/mol. The molecule has 2 N–H and O–H groups in total. The number of halogens is 1. The summed E-state index contributed by atoms with van der Waals surface area (Å²) in [6.45, 7) is 7.01. The molecule has 10 nitrogen and oxygen atoms in total. The van der Waals surface area contributed by atoms with Gasteiger partial charge in [0.15, 0.2) is 0 Å². The second-order valence-electron chi connectivity index (χ2n) is 9.88. The summed E-state index contributed by atoms with van der Waals surface area (Å²) in [6.07, 6.45) is 1.84. The Labute approximate surface area is 232 Å². The highest BCUT2D eigenvalue weighted by molar-refractivity contribution is 6.34. The van der Waals surface area contributed by atoms with E-state index in [0.717, 1.165) is 29.2 Å². The van der Waals surface area contributed by atoms with Crippen LogP contribution in [-0.4, -0.2) is 82.7 Å². The number of urea groups is 1. The van der Waals surface area contributed by atoms with E-state index in [1.54, 1.807) is 31.5 Å². The van der Waals surface area contributed by atoms with Crippen molar-refractivity contribution in [3.63, 3.8) is 0 Å². The summed E-state index contributed by atoms with van der Waals surface area (Å²) < 4.78 is 1.72. The van der Waals surface area contributed by atoms with Crippen LogP contribution in [-0.2, 0) is 11.3 Å². The fraction of sp³-hybridized carbons (Fsp3) is 0.357. The number of amides is 4. The van der Waals surface area contributed by atoms with E-state index in [-0.39, 0.29) is 23.9 Å². The Morgan fingerprint density at radius 1 is 1.18 bits per heavy atom. The maximum Gasteiger partial charge on any atom is 0.318 e. The molecule has 204 valence electrons. The van der Waals surface area contributed by atoms with Crippen LogP contribution in [0.5, 0.6) is 0 Å². The van der Waals surface area contributed by atoms with E-state index in [1.807, 2.05) is 56.4 Å². The summed E-state index contributed by atoms with van der Waals surface area (Å²) in [5.41, 5.74) is 3.64. The van der Waals surface area contributed by atoms with Gasteiger partial charge in [0.1, 0.15) is 0 Å². The van der Waals surface area contributed by atoms with Crippen molar-refractivity contribution in [2.24, 2.45) is 0 Å². The van der Waals surface area contributed by atoms with Crippen molar-refractivity contribution in [2.75, 3.05) is 44.2 Å². The molecule has 1 aromatic heterocycles. The molecule has 5 rings (SSSR count). The number of carbonyl (C=O) groups excluding carboxylic acids is 3. The zero-order valence-electron chi connectivity index (χ0n) is 22.1. The maximum atomic E-state index is 13.8. The topological polar surface area (TPSA) is 103 Å². The average Bonchev–Trinajstić information content (AvgIpc) is 3.30. The molecule has 0 aliphatic carbocycles. The van der Waals surface area contributed by atoms with Gasteiger partial charge in [-0.25, -0.2) is 9.48 Å². The van der Waals surface area contributed by atoms with Crippen molar-refractivity contribution in [3.05, 3.63) is 76.6 Å². The van der Waals surface area contributed by atoms with Gasteiger partial charge in [0.05, 0.1) is 28.5 Å². The molecule has 3 aromatic rings. The van der Waals surface area contributed by atoms with Crippen molar-refractivity contribution >= 4 is 35.1 Å². The number of nitrogens with one attached hydrogen (secondary N) is 2. The lowest BCUT2D eigenvalue weighted by atomic mass is 10.1. The van der Waals surface area contributed by atoms with Crippen molar-refractivity contribution in [1.82, 2.24) is 30.2 Å². The van der Waals surface area contributed by atoms with Crippen molar-refractivity contribution in [1.29, 1.82) is 0 Å². The third-order valence-corrected chi connectivity index (χ3v) is 7.44. The van der Waals surface area contributed by atoms with Crippen LogP contribution in [0.2, 0.25) is 5.02 Å². The minimum atomic E-state index is -0.271. The van der Waals surface area contributed by atoms with Gasteiger partial charge in [-0.2, -0.15) is 5.10 Å². The largest absolute Gasteiger partial charge is 0.339 e. The summed E-state index contributed by atoms with van der Waals surface area (Å²) in [5, 5.41) is 10.7. The summed E-state index contributed by atoms with van der Waals surface area (Å²) in [5.74, 6) is -0.199. The molecule has 1 saturated heterocycles. The number of fused-ring (bicyclic) bond motifs is 1. The molecule has 1 unspecified atom stereocenters. The van der Waals surface area contributed by atoms with Crippen molar-refractivity contribution < 1.29 is 14.4 Å². The van der Waals surface area contributed by atoms with Gasteiger partial charge in [-0.15, -0.1) is 0 Å². The van der Waals surface area contributed by atoms with E-state index in [4.69, 9.17) is 11.6 Å². The highest BCUT2D eigenvalue weighted by Gasteiger charge is 2.32. The SMILES string of the molecule is Cc1ccn(-c2ccc(C(=O)N3CC(C)N(C(=O)NCCN4CCNCC4=O)Cc4ccccc43)c(Cl)c2)n1. The minimum absolute atomic E-state index is 0.0353. The van der Waals surface area contributed by atoms with Crippen LogP contribution in [0.25, 0.3) is 5.69 Å². The van der Waals surface area contributed by atoms with Crippen LogP contribution >= 0.6 is 11.6 Å². The van der Waals surface area contributed by atoms with Crippen LogP contribution in [0, 0.1) is 6.92 Å². The van der Waals surface area contributed by atoms with E-state index in [1.165, 1.54) is 0 Å². The number of hydrogen-bond donors (Lipinski definition) is 2. The summed E-state index contributed by atoms with van der Waals surface area (Å²) in [4.78, 5) is 44.3. The van der Waals surface area contributed by atoms with E-state index in [2.05, 4.69) is 15.7 Å². The van der Waals surface area contributed by atoms with E-state index in [9.17, 15) is 14.4 Å². The molecular weight excluding hydrogens is 518 g/mol. The predicted molar refractivity (Wildman–Crippen MR) is 149 cm³/mol. The number of nitrogens with zero attached hydrogens (tertiary/aromatic N) is 5. The first kappa shape index (κ1) is 26.7. The molecular formula is C28H32ClN7O3. The van der Waals surface area contributed by atoms with Crippen LogP contribution in [0.15, 0.2) is 54.7 Å². The zero-order valence-corrected chi connectivity index (χ0v) is 22.8. The Morgan fingerprint density at radius 3 is 2.74 bits per heavy atom. The van der Waals surface area contributed by atoms with Crippen LogP contribution in [0.3, 0.4) is 0 Å². The normalized spacial score (nSPS) is 17.6. The first-order chi connectivity index (χ1) is 18.8. The number of anilines is 1. The molecule has 39 heavy (non-hydrogen) atoms. The van der Waals surface area contributed by atoms with Gasteiger partial charge in [0.25, 0.3) is 5.91 Å². The third-order valence-electron chi connectivity index (χ3n) is 7.12. The zero-order chi connectivity index (χ0) is 27.5.